The second-order valence-corrected chi connectivity index (χ2v) is 6.45. The van der Waals surface area contributed by atoms with Gasteiger partial charge in [0.15, 0.2) is 5.78 Å². The van der Waals surface area contributed by atoms with E-state index in [1.807, 2.05) is 18.8 Å². The first-order valence-corrected chi connectivity index (χ1v) is 7.77. The molecule has 1 aliphatic heterocycles. The summed E-state index contributed by atoms with van der Waals surface area (Å²) in [5.74, 6) is 1.86. The van der Waals surface area contributed by atoms with E-state index in [2.05, 4.69) is 20.8 Å². The van der Waals surface area contributed by atoms with Gasteiger partial charge in [-0.05, 0) is 24.7 Å². The Morgan fingerprint density at radius 1 is 1.61 bits per heavy atom. The van der Waals surface area contributed by atoms with Crippen LogP contribution in [0.25, 0.3) is 0 Å². The molecule has 0 radical (unpaired) electrons. The van der Waals surface area contributed by atoms with Gasteiger partial charge < -0.3 is 0 Å². The van der Waals surface area contributed by atoms with E-state index in [0.29, 0.717) is 10.9 Å². The molecule has 1 aromatic carbocycles. The molecule has 1 aromatic rings. The highest BCUT2D eigenvalue weighted by molar-refractivity contribution is 9.10. The Labute approximate surface area is 119 Å². The molecule has 0 amide bonds. The van der Waals surface area contributed by atoms with Crippen LogP contribution in [0.15, 0.2) is 22.7 Å². The molecule has 0 spiro atoms. The molecule has 0 aliphatic carbocycles. The topological polar surface area (TPSA) is 20.3 Å². The van der Waals surface area contributed by atoms with E-state index in [4.69, 9.17) is 0 Å². The van der Waals surface area contributed by atoms with Crippen LogP contribution in [-0.2, 0) is 11.2 Å². The predicted molar refractivity (Wildman–Crippen MR) is 76.6 cm³/mol. The van der Waals surface area contributed by atoms with Crippen molar-refractivity contribution < 1.29 is 9.18 Å². The molecule has 1 saturated heterocycles. The Bertz CT molecular complexity index is 455. The molecule has 1 unspecified atom stereocenters. The average molecular weight is 332 g/mol. The number of hydrogen-bond donors (Lipinski definition) is 0. The number of benzene rings is 1. The van der Waals surface area contributed by atoms with Crippen LogP contribution in [-0.4, -0.2) is 41.8 Å². The van der Waals surface area contributed by atoms with Crippen LogP contribution in [0.4, 0.5) is 4.39 Å². The fourth-order valence-corrected chi connectivity index (χ4v) is 3.73. The van der Waals surface area contributed by atoms with Crippen LogP contribution in [0.5, 0.6) is 0 Å². The molecule has 1 fully saturated rings. The van der Waals surface area contributed by atoms with Gasteiger partial charge in [-0.25, -0.2) is 4.39 Å². The van der Waals surface area contributed by atoms with Crippen LogP contribution in [0, 0.1) is 5.82 Å². The molecule has 0 bridgehead atoms. The SMILES string of the molecule is CN1CCSCC1C(=O)Cc1ccc(F)cc1Br. The maximum atomic E-state index is 13.0. The van der Waals surface area contributed by atoms with Crippen molar-refractivity contribution in [2.24, 2.45) is 0 Å². The summed E-state index contributed by atoms with van der Waals surface area (Å²) < 4.78 is 13.6. The van der Waals surface area contributed by atoms with E-state index in [0.717, 1.165) is 23.6 Å². The van der Waals surface area contributed by atoms with Gasteiger partial charge in [-0.15, -0.1) is 0 Å². The van der Waals surface area contributed by atoms with Crippen molar-refractivity contribution >= 4 is 33.5 Å². The smallest absolute Gasteiger partial charge is 0.155 e. The van der Waals surface area contributed by atoms with Crippen molar-refractivity contribution in [2.45, 2.75) is 12.5 Å². The Morgan fingerprint density at radius 2 is 2.39 bits per heavy atom. The Balaban J connectivity index is 2.06. The van der Waals surface area contributed by atoms with Crippen LogP contribution in [0.1, 0.15) is 5.56 Å². The highest BCUT2D eigenvalue weighted by Gasteiger charge is 2.26. The summed E-state index contributed by atoms with van der Waals surface area (Å²) in [5.41, 5.74) is 0.852. The second-order valence-electron chi connectivity index (χ2n) is 4.45. The quantitative estimate of drug-likeness (QED) is 0.849. The molecule has 2 rings (SSSR count). The minimum atomic E-state index is -0.289. The minimum Gasteiger partial charge on any atom is -0.298 e. The standard InChI is InChI=1S/C13H15BrFNOS/c1-16-4-5-18-8-12(16)13(17)6-9-2-3-10(15)7-11(9)14/h2-3,7,12H,4-6,8H2,1H3. The zero-order chi connectivity index (χ0) is 13.1. The number of rotatable bonds is 3. The summed E-state index contributed by atoms with van der Waals surface area (Å²) in [6, 6.07) is 4.46. The summed E-state index contributed by atoms with van der Waals surface area (Å²) in [6.07, 6.45) is 0.358. The molecule has 1 heterocycles. The Morgan fingerprint density at radius 3 is 3.06 bits per heavy atom. The molecule has 0 N–H and O–H groups in total. The zero-order valence-electron chi connectivity index (χ0n) is 10.2. The molecule has 1 aliphatic rings. The number of Topliss-reactive ketones (excluding diaryl/α,β-unsaturated/α-hetero) is 1. The van der Waals surface area contributed by atoms with Gasteiger partial charge in [0, 0.05) is 28.9 Å². The normalized spacial score (nSPS) is 20.9. The highest BCUT2D eigenvalue weighted by Crippen LogP contribution is 2.21. The largest absolute Gasteiger partial charge is 0.298 e. The summed E-state index contributed by atoms with van der Waals surface area (Å²) >= 11 is 5.12. The van der Waals surface area contributed by atoms with Crippen molar-refractivity contribution in [1.29, 1.82) is 0 Å². The van der Waals surface area contributed by atoms with Crippen LogP contribution < -0.4 is 0 Å². The second kappa shape index (κ2) is 6.17. The summed E-state index contributed by atoms with van der Waals surface area (Å²) in [5, 5.41) is 0. The average Bonchev–Trinajstić information content (AvgIpc) is 2.33. The number of ketones is 1. The van der Waals surface area contributed by atoms with Gasteiger partial charge >= 0.3 is 0 Å². The molecule has 1 atom stereocenters. The first-order chi connectivity index (χ1) is 8.58. The Kier molecular flexibility index (Phi) is 4.81. The fraction of sp³-hybridized carbons (Fsp3) is 0.462. The van der Waals surface area contributed by atoms with E-state index >= 15 is 0 Å². The maximum Gasteiger partial charge on any atom is 0.155 e. The predicted octanol–water partition coefficient (Wildman–Crippen LogP) is 2.75. The van der Waals surface area contributed by atoms with Crippen molar-refractivity contribution in [2.75, 3.05) is 25.1 Å². The highest BCUT2D eigenvalue weighted by atomic mass is 79.9. The third-order valence-corrected chi connectivity index (χ3v) is 4.91. The third kappa shape index (κ3) is 3.33. The van der Waals surface area contributed by atoms with Gasteiger partial charge in [-0.2, -0.15) is 11.8 Å². The minimum absolute atomic E-state index is 0.0132. The van der Waals surface area contributed by atoms with Crippen LogP contribution >= 0.6 is 27.7 Å². The van der Waals surface area contributed by atoms with Crippen molar-refractivity contribution in [1.82, 2.24) is 4.90 Å². The number of nitrogens with zero attached hydrogens (tertiary/aromatic N) is 1. The van der Waals surface area contributed by atoms with Crippen LogP contribution in [0.2, 0.25) is 0 Å². The lowest BCUT2D eigenvalue weighted by Gasteiger charge is -2.30. The number of halogens is 2. The Hall–Kier alpha value is -0.390. The van der Waals surface area contributed by atoms with Crippen LogP contribution in [0.3, 0.4) is 0 Å². The lowest BCUT2D eigenvalue weighted by molar-refractivity contribution is -0.122. The molecule has 18 heavy (non-hydrogen) atoms. The molecular weight excluding hydrogens is 317 g/mol. The van der Waals surface area contributed by atoms with E-state index in [1.54, 1.807) is 6.07 Å². The zero-order valence-corrected chi connectivity index (χ0v) is 12.6. The van der Waals surface area contributed by atoms with Gasteiger partial charge in [-0.1, -0.05) is 22.0 Å². The van der Waals surface area contributed by atoms with Gasteiger partial charge in [0.1, 0.15) is 5.82 Å². The van der Waals surface area contributed by atoms with Gasteiger partial charge in [0.2, 0.25) is 0 Å². The first-order valence-electron chi connectivity index (χ1n) is 5.82. The molecular formula is C13H15BrFNOS. The summed E-state index contributed by atoms with van der Waals surface area (Å²) in [4.78, 5) is 14.4. The monoisotopic (exact) mass is 331 g/mol. The summed E-state index contributed by atoms with van der Waals surface area (Å²) in [6.45, 7) is 0.950. The van der Waals surface area contributed by atoms with Gasteiger partial charge in [-0.3, -0.25) is 9.69 Å². The van der Waals surface area contributed by atoms with Crippen molar-refractivity contribution in [3.05, 3.63) is 34.1 Å². The molecule has 98 valence electrons. The fourth-order valence-electron chi connectivity index (χ4n) is 2.00. The lowest BCUT2D eigenvalue weighted by atomic mass is 10.0. The van der Waals surface area contributed by atoms with E-state index in [-0.39, 0.29) is 17.6 Å². The lowest BCUT2D eigenvalue weighted by Crippen LogP contribution is -2.45. The van der Waals surface area contributed by atoms with E-state index < -0.39 is 0 Å². The van der Waals surface area contributed by atoms with E-state index in [1.165, 1.54) is 12.1 Å². The van der Waals surface area contributed by atoms with E-state index in [9.17, 15) is 9.18 Å². The van der Waals surface area contributed by atoms with Gasteiger partial charge in [0.25, 0.3) is 0 Å². The van der Waals surface area contributed by atoms with Gasteiger partial charge in [0.05, 0.1) is 6.04 Å². The molecule has 0 aromatic heterocycles. The number of hydrogen-bond acceptors (Lipinski definition) is 3. The number of thioether (sulfide) groups is 1. The maximum absolute atomic E-state index is 13.0. The molecule has 5 heteroatoms. The van der Waals surface area contributed by atoms with Crippen molar-refractivity contribution in [3.8, 4) is 0 Å². The third-order valence-electron chi connectivity index (χ3n) is 3.15. The molecule has 0 saturated carbocycles. The first kappa shape index (κ1) is 14.0. The number of carbonyl (C=O) groups is 1. The molecule has 2 nitrogen and oxygen atoms in total. The van der Waals surface area contributed by atoms with Crippen molar-refractivity contribution in [3.63, 3.8) is 0 Å². The summed E-state index contributed by atoms with van der Waals surface area (Å²) in [7, 11) is 1.99. The number of likely N-dealkylation sites (N-methyl/N-ethyl adjacent to an activating group) is 1. The number of carbonyl (C=O) groups excluding carboxylic acids is 1.